The number of nitrogens with one attached hydrogen (secondary N) is 1. The van der Waals surface area contributed by atoms with E-state index in [4.69, 9.17) is 16.0 Å². The van der Waals surface area contributed by atoms with Crippen molar-refractivity contribution in [3.63, 3.8) is 0 Å². The molecular formula is C12H9ClN2O4. The van der Waals surface area contributed by atoms with Crippen molar-refractivity contribution in [1.82, 2.24) is 5.32 Å². The Hall–Kier alpha value is -2.34. The summed E-state index contributed by atoms with van der Waals surface area (Å²) in [6.07, 6.45) is 2.98. The Morgan fingerprint density at radius 2 is 2.21 bits per heavy atom. The fourth-order valence-corrected chi connectivity index (χ4v) is 1.79. The predicted molar refractivity (Wildman–Crippen MR) is 68.0 cm³/mol. The second kappa shape index (κ2) is 5.53. The first-order valence-electron chi connectivity index (χ1n) is 5.32. The molecule has 0 bridgehead atoms. The van der Waals surface area contributed by atoms with Crippen molar-refractivity contribution in [3.05, 3.63) is 63.1 Å². The predicted octanol–water partition coefficient (Wildman–Crippen LogP) is 2.77. The largest absolute Gasteiger partial charge is 0.472 e. The Balaban J connectivity index is 2.15. The first-order chi connectivity index (χ1) is 9.09. The molecule has 1 aromatic heterocycles. The Kier molecular flexibility index (Phi) is 3.82. The molecule has 1 aromatic carbocycles. The fraction of sp³-hybridized carbons (Fsp3) is 0.0833. The third-order valence-corrected chi connectivity index (χ3v) is 2.85. The van der Waals surface area contributed by atoms with Gasteiger partial charge in [-0.2, -0.15) is 0 Å². The molecule has 0 saturated heterocycles. The van der Waals surface area contributed by atoms with Crippen LogP contribution in [0.1, 0.15) is 15.9 Å². The number of nitro benzene ring substituents is 1. The van der Waals surface area contributed by atoms with E-state index in [1.54, 1.807) is 6.07 Å². The summed E-state index contributed by atoms with van der Waals surface area (Å²) in [5.41, 5.74) is 0.562. The molecule has 0 atom stereocenters. The summed E-state index contributed by atoms with van der Waals surface area (Å²) >= 11 is 5.84. The first kappa shape index (κ1) is 13.1. The number of nitrogens with zero attached hydrogens (tertiary/aromatic N) is 1. The summed E-state index contributed by atoms with van der Waals surface area (Å²) in [6, 6.07) is 5.79. The molecule has 19 heavy (non-hydrogen) atoms. The molecule has 0 saturated carbocycles. The summed E-state index contributed by atoms with van der Waals surface area (Å²) in [5, 5.41) is 13.2. The van der Waals surface area contributed by atoms with Crippen molar-refractivity contribution >= 4 is 23.2 Å². The van der Waals surface area contributed by atoms with E-state index in [2.05, 4.69) is 5.32 Å². The molecule has 0 unspecified atom stereocenters. The third-order valence-electron chi connectivity index (χ3n) is 2.45. The van der Waals surface area contributed by atoms with E-state index >= 15 is 0 Å². The van der Waals surface area contributed by atoms with Crippen molar-refractivity contribution in [1.29, 1.82) is 0 Å². The van der Waals surface area contributed by atoms with Crippen molar-refractivity contribution in [3.8, 4) is 0 Å². The number of rotatable bonds is 4. The normalized spacial score (nSPS) is 10.2. The number of hydrogen-bond acceptors (Lipinski definition) is 4. The molecule has 0 spiro atoms. The minimum absolute atomic E-state index is 0.0689. The van der Waals surface area contributed by atoms with Gasteiger partial charge in [-0.05, 0) is 12.1 Å². The average molecular weight is 281 g/mol. The molecule has 2 rings (SSSR count). The number of benzene rings is 1. The molecule has 0 aliphatic rings. The maximum atomic E-state index is 11.9. The molecule has 2 aromatic rings. The van der Waals surface area contributed by atoms with Gasteiger partial charge in [-0.15, -0.1) is 0 Å². The Labute approximate surface area is 113 Å². The summed E-state index contributed by atoms with van der Waals surface area (Å²) in [6.45, 7) is 0.258. The smallest absolute Gasteiger partial charge is 0.288 e. The number of nitro groups is 1. The van der Waals surface area contributed by atoms with Crippen LogP contribution in [0.25, 0.3) is 0 Å². The van der Waals surface area contributed by atoms with Crippen molar-refractivity contribution in [2.75, 3.05) is 0 Å². The third kappa shape index (κ3) is 2.92. The number of amides is 1. The van der Waals surface area contributed by atoms with Crippen LogP contribution in [0.15, 0.2) is 41.2 Å². The lowest BCUT2D eigenvalue weighted by atomic mass is 10.2. The van der Waals surface area contributed by atoms with E-state index in [1.165, 1.54) is 30.7 Å². The standard InChI is InChI=1S/C12H9ClN2O4/c13-11-9(2-1-3-10(11)15(17)18)12(16)14-6-8-4-5-19-7-8/h1-5,7H,6H2,(H,14,16). The lowest BCUT2D eigenvalue weighted by molar-refractivity contribution is -0.384. The van der Waals surface area contributed by atoms with Crippen LogP contribution >= 0.6 is 11.6 Å². The molecule has 1 heterocycles. The molecule has 7 heteroatoms. The summed E-state index contributed by atoms with van der Waals surface area (Å²) in [5.74, 6) is -0.477. The van der Waals surface area contributed by atoms with Crippen LogP contribution in [0.3, 0.4) is 0 Å². The van der Waals surface area contributed by atoms with E-state index in [-0.39, 0.29) is 22.8 Å². The van der Waals surface area contributed by atoms with Gasteiger partial charge in [0.1, 0.15) is 5.02 Å². The van der Waals surface area contributed by atoms with Gasteiger partial charge in [0.2, 0.25) is 0 Å². The first-order valence-corrected chi connectivity index (χ1v) is 5.69. The maximum absolute atomic E-state index is 11.9. The highest BCUT2D eigenvalue weighted by atomic mass is 35.5. The summed E-state index contributed by atoms with van der Waals surface area (Å²) in [4.78, 5) is 22.0. The topological polar surface area (TPSA) is 85.4 Å². The zero-order valence-electron chi connectivity index (χ0n) is 9.63. The fourth-order valence-electron chi connectivity index (χ4n) is 1.51. The summed E-state index contributed by atoms with van der Waals surface area (Å²) in [7, 11) is 0. The lowest BCUT2D eigenvalue weighted by Gasteiger charge is -2.05. The minimum Gasteiger partial charge on any atom is -0.472 e. The van der Waals surface area contributed by atoms with Gasteiger partial charge in [0, 0.05) is 18.2 Å². The maximum Gasteiger partial charge on any atom is 0.288 e. The van der Waals surface area contributed by atoms with Gasteiger partial charge >= 0.3 is 0 Å². The Morgan fingerprint density at radius 3 is 2.84 bits per heavy atom. The quantitative estimate of drug-likeness (QED) is 0.689. The molecule has 0 aliphatic heterocycles. The van der Waals surface area contributed by atoms with E-state index < -0.39 is 10.8 Å². The number of furan rings is 1. The van der Waals surface area contributed by atoms with Gasteiger partial charge in [0.15, 0.2) is 0 Å². The van der Waals surface area contributed by atoms with E-state index in [0.717, 1.165) is 5.56 Å². The highest BCUT2D eigenvalue weighted by Gasteiger charge is 2.19. The van der Waals surface area contributed by atoms with Gasteiger partial charge in [-0.3, -0.25) is 14.9 Å². The van der Waals surface area contributed by atoms with Gasteiger partial charge in [0.25, 0.3) is 11.6 Å². The number of carbonyl (C=O) groups is 1. The zero-order chi connectivity index (χ0) is 13.8. The molecule has 98 valence electrons. The highest BCUT2D eigenvalue weighted by molar-refractivity contribution is 6.35. The van der Waals surface area contributed by atoms with Gasteiger partial charge in [-0.25, -0.2) is 0 Å². The molecule has 6 nitrogen and oxygen atoms in total. The number of carbonyl (C=O) groups excluding carboxylic acids is 1. The monoisotopic (exact) mass is 280 g/mol. The van der Waals surface area contributed by atoms with Gasteiger partial charge in [-0.1, -0.05) is 17.7 Å². The van der Waals surface area contributed by atoms with Crippen LogP contribution in [0.2, 0.25) is 5.02 Å². The van der Waals surface area contributed by atoms with Crippen molar-refractivity contribution < 1.29 is 14.1 Å². The molecule has 0 radical (unpaired) electrons. The molecular weight excluding hydrogens is 272 g/mol. The Bertz CT molecular complexity index is 610. The number of halogens is 1. The van der Waals surface area contributed by atoms with Crippen LogP contribution < -0.4 is 5.32 Å². The van der Waals surface area contributed by atoms with E-state index in [9.17, 15) is 14.9 Å². The minimum atomic E-state index is -0.630. The van der Waals surface area contributed by atoms with Gasteiger partial charge < -0.3 is 9.73 Å². The second-order valence-corrected chi connectivity index (χ2v) is 4.09. The second-order valence-electron chi connectivity index (χ2n) is 3.71. The summed E-state index contributed by atoms with van der Waals surface area (Å²) < 4.78 is 4.86. The van der Waals surface area contributed by atoms with E-state index in [0.29, 0.717) is 0 Å². The van der Waals surface area contributed by atoms with Crippen LogP contribution in [0, 0.1) is 10.1 Å². The van der Waals surface area contributed by atoms with E-state index in [1.807, 2.05) is 0 Å². The van der Waals surface area contributed by atoms with Crippen molar-refractivity contribution in [2.45, 2.75) is 6.54 Å². The molecule has 1 amide bonds. The van der Waals surface area contributed by atoms with Gasteiger partial charge in [0.05, 0.1) is 23.0 Å². The number of hydrogen-bond donors (Lipinski definition) is 1. The van der Waals surface area contributed by atoms with Crippen LogP contribution in [-0.2, 0) is 6.54 Å². The molecule has 1 N–H and O–H groups in total. The van der Waals surface area contributed by atoms with Crippen LogP contribution in [-0.4, -0.2) is 10.8 Å². The molecule has 0 fully saturated rings. The molecule has 0 aliphatic carbocycles. The van der Waals surface area contributed by atoms with Crippen LogP contribution in [0.4, 0.5) is 5.69 Å². The average Bonchev–Trinajstić information content (AvgIpc) is 2.89. The Morgan fingerprint density at radius 1 is 1.42 bits per heavy atom. The SMILES string of the molecule is O=C(NCc1ccoc1)c1cccc([N+](=O)[O-])c1Cl. The highest BCUT2D eigenvalue weighted by Crippen LogP contribution is 2.27. The van der Waals surface area contributed by atoms with Crippen LogP contribution in [0.5, 0.6) is 0 Å². The van der Waals surface area contributed by atoms with Crippen molar-refractivity contribution in [2.24, 2.45) is 0 Å². The lowest BCUT2D eigenvalue weighted by Crippen LogP contribution is -2.23. The zero-order valence-corrected chi connectivity index (χ0v) is 10.4.